The highest BCUT2D eigenvalue weighted by Crippen LogP contribution is 2.21. The van der Waals surface area contributed by atoms with E-state index in [1.807, 2.05) is 55.5 Å². The summed E-state index contributed by atoms with van der Waals surface area (Å²) in [5.74, 6) is 1.44. The predicted octanol–water partition coefficient (Wildman–Crippen LogP) is 2.08. The van der Waals surface area contributed by atoms with Crippen molar-refractivity contribution in [2.45, 2.75) is 13.5 Å². The van der Waals surface area contributed by atoms with E-state index >= 15 is 0 Å². The Morgan fingerprint density at radius 1 is 1.00 bits per heavy atom. The number of nitrogens with one attached hydrogen (secondary N) is 1. The van der Waals surface area contributed by atoms with Gasteiger partial charge in [-0.2, -0.15) is 14.6 Å². The van der Waals surface area contributed by atoms with Crippen LogP contribution in [0.15, 0.2) is 61.1 Å². The van der Waals surface area contributed by atoms with E-state index in [9.17, 15) is 4.79 Å². The van der Waals surface area contributed by atoms with Gasteiger partial charge in [0.2, 0.25) is 0 Å². The Hall–Kier alpha value is -4.01. The first-order chi connectivity index (χ1) is 15.7. The molecule has 1 aliphatic rings. The van der Waals surface area contributed by atoms with Crippen LogP contribution in [0, 0.1) is 6.92 Å². The van der Waals surface area contributed by atoms with Crippen molar-refractivity contribution in [2.24, 2.45) is 0 Å². The largest absolute Gasteiger partial charge is 0.368 e. The molecule has 3 aromatic heterocycles. The third-order valence-corrected chi connectivity index (χ3v) is 5.60. The molecule has 0 saturated carbocycles. The smallest absolute Gasteiger partial charge is 0.270 e. The number of benzene rings is 1. The third kappa shape index (κ3) is 4.09. The topological polar surface area (TPSA) is 91.5 Å². The number of aromatic nitrogens is 5. The van der Waals surface area contributed by atoms with E-state index in [1.54, 1.807) is 10.7 Å². The van der Waals surface area contributed by atoms with Crippen molar-refractivity contribution in [2.75, 3.05) is 36.0 Å². The van der Waals surface area contributed by atoms with Crippen LogP contribution in [0.1, 0.15) is 21.7 Å². The lowest BCUT2D eigenvalue weighted by molar-refractivity contribution is 0.0946. The molecule has 5 rings (SSSR count). The van der Waals surface area contributed by atoms with Crippen molar-refractivity contribution in [1.29, 1.82) is 0 Å². The van der Waals surface area contributed by atoms with Crippen LogP contribution in [0.25, 0.3) is 5.78 Å². The Labute approximate surface area is 185 Å². The maximum Gasteiger partial charge on any atom is 0.270 e. The number of hydrogen-bond donors (Lipinski definition) is 1. The second-order valence-electron chi connectivity index (χ2n) is 7.77. The first-order valence-corrected chi connectivity index (χ1v) is 10.6. The number of hydrogen-bond acceptors (Lipinski definition) is 7. The molecule has 0 spiro atoms. The number of piperazine rings is 1. The monoisotopic (exact) mass is 428 g/mol. The van der Waals surface area contributed by atoms with Crippen molar-refractivity contribution < 1.29 is 4.79 Å². The number of anilines is 2. The van der Waals surface area contributed by atoms with Gasteiger partial charge in [0.25, 0.3) is 11.7 Å². The van der Waals surface area contributed by atoms with Crippen LogP contribution in [0.5, 0.6) is 0 Å². The molecular weight excluding hydrogens is 404 g/mol. The van der Waals surface area contributed by atoms with Crippen LogP contribution < -0.4 is 15.1 Å². The average molecular weight is 429 g/mol. The average Bonchev–Trinajstić information content (AvgIpc) is 3.31. The van der Waals surface area contributed by atoms with Gasteiger partial charge in [-0.1, -0.05) is 30.3 Å². The lowest BCUT2D eigenvalue weighted by atomic mass is 10.2. The van der Waals surface area contributed by atoms with E-state index in [1.165, 1.54) is 6.33 Å². The van der Waals surface area contributed by atoms with Crippen molar-refractivity contribution in [3.05, 3.63) is 78.0 Å². The fraction of sp³-hybridized carbons (Fsp3) is 0.261. The molecular formula is C23H24N8O. The molecule has 162 valence electrons. The molecule has 1 saturated heterocycles. The van der Waals surface area contributed by atoms with E-state index in [4.69, 9.17) is 0 Å². The van der Waals surface area contributed by atoms with Crippen LogP contribution in [0.3, 0.4) is 0 Å². The van der Waals surface area contributed by atoms with Crippen LogP contribution in [0.4, 0.5) is 11.5 Å². The molecule has 0 atom stereocenters. The number of aryl methyl sites for hydroxylation is 1. The second kappa shape index (κ2) is 8.62. The number of nitrogens with zero attached hydrogens (tertiary/aromatic N) is 7. The highest BCUT2D eigenvalue weighted by Gasteiger charge is 2.21. The van der Waals surface area contributed by atoms with Gasteiger partial charge in [0.05, 0.1) is 0 Å². The third-order valence-electron chi connectivity index (χ3n) is 5.60. The molecule has 0 aliphatic carbocycles. The Bertz CT molecular complexity index is 1230. The van der Waals surface area contributed by atoms with Crippen LogP contribution in [-0.2, 0) is 6.54 Å². The van der Waals surface area contributed by atoms with Gasteiger partial charge in [-0.25, -0.2) is 4.98 Å². The first-order valence-electron chi connectivity index (χ1n) is 10.6. The fourth-order valence-electron chi connectivity index (χ4n) is 3.94. The number of carbonyl (C=O) groups excluding carboxylic acids is 1. The molecule has 4 aromatic rings. The molecule has 1 fully saturated rings. The summed E-state index contributed by atoms with van der Waals surface area (Å²) in [7, 11) is 0. The van der Waals surface area contributed by atoms with Gasteiger partial charge >= 0.3 is 0 Å². The summed E-state index contributed by atoms with van der Waals surface area (Å²) in [4.78, 5) is 30.1. The number of rotatable bonds is 5. The number of carbonyl (C=O) groups is 1. The zero-order chi connectivity index (χ0) is 21.9. The van der Waals surface area contributed by atoms with Gasteiger partial charge in [0.1, 0.15) is 17.8 Å². The molecule has 0 unspecified atom stereocenters. The van der Waals surface area contributed by atoms with Crippen LogP contribution >= 0.6 is 0 Å². The summed E-state index contributed by atoms with van der Waals surface area (Å²) in [6.07, 6.45) is 3.23. The lowest BCUT2D eigenvalue weighted by Gasteiger charge is -2.37. The van der Waals surface area contributed by atoms with E-state index in [0.29, 0.717) is 18.0 Å². The molecule has 1 N–H and O–H groups in total. The second-order valence-corrected chi connectivity index (χ2v) is 7.77. The summed E-state index contributed by atoms with van der Waals surface area (Å²) in [5.41, 5.74) is 3.40. The zero-order valence-electron chi connectivity index (χ0n) is 17.8. The number of amides is 1. The van der Waals surface area contributed by atoms with Gasteiger partial charge in [0.15, 0.2) is 0 Å². The minimum absolute atomic E-state index is 0.171. The lowest BCUT2D eigenvalue weighted by Crippen LogP contribution is -2.47. The first kappa shape index (κ1) is 19.9. The summed E-state index contributed by atoms with van der Waals surface area (Å²) in [5, 5.41) is 7.26. The van der Waals surface area contributed by atoms with Crippen molar-refractivity contribution in [3.63, 3.8) is 0 Å². The normalized spacial score (nSPS) is 14.0. The Kier molecular flexibility index (Phi) is 5.37. The Balaban J connectivity index is 1.25. The Morgan fingerprint density at radius 3 is 2.59 bits per heavy atom. The predicted molar refractivity (Wildman–Crippen MR) is 122 cm³/mol. The van der Waals surface area contributed by atoms with Gasteiger partial charge in [-0.3, -0.25) is 9.78 Å². The molecule has 9 nitrogen and oxygen atoms in total. The molecule has 0 bridgehead atoms. The fourth-order valence-corrected chi connectivity index (χ4v) is 3.94. The van der Waals surface area contributed by atoms with Gasteiger partial charge < -0.3 is 15.1 Å². The van der Waals surface area contributed by atoms with E-state index in [2.05, 4.69) is 35.2 Å². The molecule has 1 aromatic carbocycles. The molecule has 32 heavy (non-hydrogen) atoms. The minimum atomic E-state index is -0.171. The van der Waals surface area contributed by atoms with E-state index in [-0.39, 0.29) is 5.91 Å². The van der Waals surface area contributed by atoms with Crippen molar-refractivity contribution in [3.8, 4) is 0 Å². The molecule has 1 aliphatic heterocycles. The standard InChI is InChI=1S/C23H24N8O/c1-17-13-21(31-23(28-17)26-16-27-31)30-11-9-29(10-12-30)19-7-8-24-20(14-19)22(32)25-15-18-5-3-2-4-6-18/h2-8,13-14,16H,9-12,15H2,1H3,(H,25,32). The van der Waals surface area contributed by atoms with E-state index in [0.717, 1.165) is 48.9 Å². The maximum absolute atomic E-state index is 12.6. The highest BCUT2D eigenvalue weighted by molar-refractivity contribution is 5.93. The highest BCUT2D eigenvalue weighted by atomic mass is 16.1. The quantitative estimate of drug-likeness (QED) is 0.520. The zero-order valence-corrected chi connectivity index (χ0v) is 17.8. The summed E-state index contributed by atoms with van der Waals surface area (Å²) in [6, 6.07) is 15.7. The van der Waals surface area contributed by atoms with Gasteiger partial charge in [-0.05, 0) is 24.6 Å². The maximum atomic E-state index is 12.6. The molecule has 0 radical (unpaired) electrons. The van der Waals surface area contributed by atoms with Crippen molar-refractivity contribution >= 4 is 23.2 Å². The summed E-state index contributed by atoms with van der Waals surface area (Å²) in [6.45, 7) is 5.76. The summed E-state index contributed by atoms with van der Waals surface area (Å²) < 4.78 is 1.78. The van der Waals surface area contributed by atoms with Crippen LogP contribution in [-0.4, -0.2) is 56.7 Å². The number of fused-ring (bicyclic) bond motifs is 1. The summed E-state index contributed by atoms with van der Waals surface area (Å²) >= 11 is 0. The van der Waals surface area contributed by atoms with Crippen molar-refractivity contribution in [1.82, 2.24) is 29.9 Å². The van der Waals surface area contributed by atoms with E-state index < -0.39 is 0 Å². The minimum Gasteiger partial charge on any atom is -0.368 e. The molecule has 4 heterocycles. The van der Waals surface area contributed by atoms with Crippen LogP contribution in [0.2, 0.25) is 0 Å². The number of pyridine rings is 1. The Morgan fingerprint density at radius 2 is 1.78 bits per heavy atom. The van der Waals surface area contributed by atoms with Gasteiger partial charge in [0, 0.05) is 56.4 Å². The van der Waals surface area contributed by atoms with Gasteiger partial charge in [-0.15, -0.1) is 0 Å². The SMILES string of the molecule is Cc1cc(N2CCN(c3ccnc(C(=O)NCc4ccccc4)c3)CC2)n2ncnc2n1. The molecule has 1 amide bonds. The molecule has 9 heteroatoms.